The van der Waals surface area contributed by atoms with Crippen LogP contribution in [0.25, 0.3) is 0 Å². The quantitative estimate of drug-likeness (QED) is 0.0261. The summed E-state index contributed by atoms with van der Waals surface area (Å²) in [5.41, 5.74) is 0. The minimum atomic E-state index is -0.808. The first-order valence-electron chi connectivity index (χ1n) is 34.9. The second kappa shape index (κ2) is 69.6. The molecule has 1 unspecified atom stereocenters. The van der Waals surface area contributed by atoms with Gasteiger partial charge in [-0.05, 0) is 89.9 Å². The molecule has 6 nitrogen and oxygen atoms in total. The SMILES string of the molecule is CC/C=C\C/C=C\C/C=C\C/C=C\C/C=C\CCCCCCCCCCCCCCCC(=O)OCC(COC(=O)CC/C=C\C/C=C\C/C=C\C/C=C\CC)OC(=O)CCCCCCCCCCCCCCCCCCCCCCCC. The molecule has 0 rings (SSSR count). The molecule has 0 saturated carbocycles. The summed E-state index contributed by atoms with van der Waals surface area (Å²) >= 11 is 0. The summed E-state index contributed by atoms with van der Waals surface area (Å²) in [6.07, 6.45) is 95.7. The van der Waals surface area contributed by atoms with Crippen LogP contribution in [0, 0.1) is 0 Å². The summed E-state index contributed by atoms with van der Waals surface area (Å²) in [6, 6.07) is 0. The second-order valence-electron chi connectivity index (χ2n) is 23.0. The first-order valence-corrected chi connectivity index (χ1v) is 34.9. The Hall–Kier alpha value is -3.93. The van der Waals surface area contributed by atoms with Crippen LogP contribution in [0.3, 0.4) is 0 Å². The lowest BCUT2D eigenvalue weighted by molar-refractivity contribution is -0.166. The summed E-state index contributed by atoms with van der Waals surface area (Å²) in [7, 11) is 0. The Balaban J connectivity index is 4.28. The minimum Gasteiger partial charge on any atom is -0.462 e. The molecule has 1 atom stereocenters. The maximum atomic E-state index is 12.9. The number of carbonyl (C=O) groups excluding carboxylic acids is 3. The molecule has 0 aliphatic carbocycles. The van der Waals surface area contributed by atoms with Crippen LogP contribution in [0.4, 0.5) is 0 Å². The molecular weight excluding hydrogens is 1010 g/mol. The van der Waals surface area contributed by atoms with Crippen molar-refractivity contribution in [3.05, 3.63) is 109 Å². The van der Waals surface area contributed by atoms with Crippen LogP contribution in [0.15, 0.2) is 109 Å². The Bertz CT molecular complexity index is 1640. The van der Waals surface area contributed by atoms with Gasteiger partial charge in [-0.3, -0.25) is 14.4 Å². The van der Waals surface area contributed by atoms with Crippen LogP contribution in [-0.2, 0) is 28.6 Å². The average Bonchev–Trinajstić information content (AvgIpc) is 3.47. The third kappa shape index (κ3) is 66.9. The molecular formula is C76H130O6. The standard InChI is InChI=1S/C76H130O6/c1-4-7-10-13-16-19-22-25-27-29-31-33-35-36-37-38-39-40-41-43-44-46-48-51-54-57-60-63-66-69-75(78)81-72-73(71-80-74(77)68-65-62-59-56-53-50-24-21-18-15-12-9-6-3)82-76(79)70-67-64-61-58-55-52-49-47-45-42-34-32-30-28-26-23-20-17-14-11-8-5-2/h7,9-10,12,16,18-19,21,25,27,31,33,36-37,50,53,59,62,73H,4-6,8,11,13-15,17,20,22-24,26,28-30,32,34-35,38-49,51-52,54-58,60-61,63-72H2,1-3H3/b10-7-,12-9-,19-16-,21-18-,27-25-,33-31-,37-36-,53-50-,62-59-. The molecule has 0 aromatic carbocycles. The number of carbonyl (C=O) groups is 3. The lowest BCUT2D eigenvalue weighted by atomic mass is 10.0. The molecule has 0 fully saturated rings. The van der Waals surface area contributed by atoms with E-state index in [9.17, 15) is 14.4 Å². The van der Waals surface area contributed by atoms with E-state index in [1.807, 2.05) is 6.08 Å². The number of unbranched alkanes of at least 4 members (excludes halogenated alkanes) is 34. The zero-order valence-electron chi connectivity index (χ0n) is 54.0. The third-order valence-electron chi connectivity index (χ3n) is 15.0. The topological polar surface area (TPSA) is 78.9 Å². The smallest absolute Gasteiger partial charge is 0.306 e. The van der Waals surface area contributed by atoms with Gasteiger partial charge in [0, 0.05) is 19.3 Å². The van der Waals surface area contributed by atoms with Crippen molar-refractivity contribution in [2.24, 2.45) is 0 Å². The summed E-state index contributed by atoms with van der Waals surface area (Å²) < 4.78 is 16.9. The van der Waals surface area contributed by atoms with Gasteiger partial charge in [-0.1, -0.05) is 336 Å². The summed E-state index contributed by atoms with van der Waals surface area (Å²) in [4.78, 5) is 38.4. The van der Waals surface area contributed by atoms with Crippen LogP contribution in [-0.4, -0.2) is 37.2 Å². The van der Waals surface area contributed by atoms with Gasteiger partial charge in [-0.25, -0.2) is 0 Å². The van der Waals surface area contributed by atoms with E-state index in [1.165, 1.54) is 193 Å². The number of esters is 3. The van der Waals surface area contributed by atoms with E-state index in [0.29, 0.717) is 19.3 Å². The lowest BCUT2D eigenvalue weighted by Crippen LogP contribution is -2.30. The second-order valence-corrected chi connectivity index (χ2v) is 23.0. The van der Waals surface area contributed by atoms with E-state index in [4.69, 9.17) is 14.2 Å². The maximum absolute atomic E-state index is 12.9. The molecule has 0 N–H and O–H groups in total. The van der Waals surface area contributed by atoms with Crippen molar-refractivity contribution in [3.63, 3.8) is 0 Å². The molecule has 0 aromatic heterocycles. The van der Waals surface area contributed by atoms with Gasteiger partial charge in [0.05, 0.1) is 0 Å². The molecule has 0 radical (unpaired) electrons. The highest BCUT2D eigenvalue weighted by molar-refractivity contribution is 5.71. The van der Waals surface area contributed by atoms with E-state index >= 15 is 0 Å². The fourth-order valence-corrected chi connectivity index (χ4v) is 9.90. The maximum Gasteiger partial charge on any atom is 0.306 e. The Morgan fingerprint density at radius 2 is 0.500 bits per heavy atom. The highest BCUT2D eigenvalue weighted by Gasteiger charge is 2.19. The number of hydrogen-bond donors (Lipinski definition) is 0. The average molecular weight is 1140 g/mol. The van der Waals surface area contributed by atoms with Gasteiger partial charge in [0.1, 0.15) is 13.2 Å². The number of hydrogen-bond acceptors (Lipinski definition) is 6. The molecule has 0 spiro atoms. The molecule has 82 heavy (non-hydrogen) atoms. The monoisotopic (exact) mass is 1140 g/mol. The van der Waals surface area contributed by atoms with Crippen molar-refractivity contribution in [2.45, 2.75) is 341 Å². The van der Waals surface area contributed by atoms with E-state index in [0.717, 1.165) is 96.3 Å². The Morgan fingerprint density at radius 1 is 0.256 bits per heavy atom. The van der Waals surface area contributed by atoms with Crippen LogP contribution in [0.1, 0.15) is 335 Å². The van der Waals surface area contributed by atoms with Gasteiger partial charge < -0.3 is 14.2 Å². The van der Waals surface area contributed by atoms with Crippen LogP contribution >= 0.6 is 0 Å². The Labute approximate surface area is 508 Å². The molecule has 0 heterocycles. The van der Waals surface area contributed by atoms with Gasteiger partial charge in [0.25, 0.3) is 0 Å². The predicted octanol–water partition coefficient (Wildman–Crippen LogP) is 24.2. The van der Waals surface area contributed by atoms with Crippen molar-refractivity contribution in [2.75, 3.05) is 13.2 Å². The number of rotatable bonds is 63. The zero-order chi connectivity index (χ0) is 59.2. The normalized spacial score (nSPS) is 12.8. The molecule has 0 saturated heterocycles. The Morgan fingerprint density at radius 3 is 0.817 bits per heavy atom. The number of ether oxygens (including phenoxy) is 3. The largest absolute Gasteiger partial charge is 0.462 e. The van der Waals surface area contributed by atoms with E-state index in [1.54, 1.807) is 0 Å². The van der Waals surface area contributed by atoms with Crippen molar-refractivity contribution < 1.29 is 28.6 Å². The fraction of sp³-hybridized carbons (Fsp3) is 0.724. The van der Waals surface area contributed by atoms with E-state index in [2.05, 4.69) is 124 Å². The van der Waals surface area contributed by atoms with Crippen molar-refractivity contribution >= 4 is 17.9 Å². The van der Waals surface area contributed by atoms with Crippen LogP contribution in [0.5, 0.6) is 0 Å². The van der Waals surface area contributed by atoms with Gasteiger partial charge in [-0.2, -0.15) is 0 Å². The summed E-state index contributed by atoms with van der Waals surface area (Å²) in [5.74, 6) is -0.969. The fourth-order valence-electron chi connectivity index (χ4n) is 9.90. The van der Waals surface area contributed by atoms with Crippen molar-refractivity contribution in [1.82, 2.24) is 0 Å². The van der Waals surface area contributed by atoms with Gasteiger partial charge in [0.2, 0.25) is 0 Å². The molecule has 0 amide bonds. The molecule has 0 aliphatic heterocycles. The first kappa shape index (κ1) is 78.1. The van der Waals surface area contributed by atoms with Crippen LogP contribution in [0.2, 0.25) is 0 Å². The predicted molar refractivity (Wildman–Crippen MR) is 357 cm³/mol. The molecule has 0 bridgehead atoms. The third-order valence-corrected chi connectivity index (χ3v) is 15.0. The molecule has 0 aromatic rings. The van der Waals surface area contributed by atoms with Crippen molar-refractivity contribution in [3.8, 4) is 0 Å². The minimum absolute atomic E-state index is 0.0980. The molecule has 470 valence electrons. The van der Waals surface area contributed by atoms with Gasteiger partial charge in [0.15, 0.2) is 6.10 Å². The summed E-state index contributed by atoms with van der Waals surface area (Å²) in [5, 5.41) is 0. The van der Waals surface area contributed by atoms with Gasteiger partial charge >= 0.3 is 17.9 Å². The van der Waals surface area contributed by atoms with Crippen LogP contribution < -0.4 is 0 Å². The molecule has 6 heteroatoms. The Kier molecular flexibility index (Phi) is 66.2. The number of allylic oxidation sites excluding steroid dienone is 18. The van der Waals surface area contributed by atoms with Crippen molar-refractivity contribution in [1.29, 1.82) is 0 Å². The van der Waals surface area contributed by atoms with Gasteiger partial charge in [-0.15, -0.1) is 0 Å². The highest BCUT2D eigenvalue weighted by atomic mass is 16.6. The lowest BCUT2D eigenvalue weighted by Gasteiger charge is -2.18. The first-order chi connectivity index (χ1) is 40.5. The van der Waals surface area contributed by atoms with E-state index < -0.39 is 6.10 Å². The van der Waals surface area contributed by atoms with E-state index in [-0.39, 0.29) is 37.5 Å². The zero-order valence-corrected chi connectivity index (χ0v) is 54.0. The molecule has 0 aliphatic rings. The summed E-state index contributed by atoms with van der Waals surface area (Å²) in [6.45, 7) is 6.39. The highest BCUT2D eigenvalue weighted by Crippen LogP contribution is 2.18.